The number of nitrogens with zero attached hydrogens (tertiary/aromatic N) is 2. The standard InChI is InChI=1S/C20H30N2O6S/c1-4-28-18-9-6-5-8-17(18)22(29(3,25)26)13-7-10-19(23)21-14-11-16(12-15-21)20(24)27-2/h5-6,8-9,16H,4,7,10-15H2,1-3H3. The van der Waals surface area contributed by atoms with Gasteiger partial charge in [0.2, 0.25) is 15.9 Å². The van der Waals surface area contributed by atoms with E-state index in [4.69, 9.17) is 9.47 Å². The zero-order valence-corrected chi connectivity index (χ0v) is 18.1. The van der Waals surface area contributed by atoms with E-state index in [-0.39, 0.29) is 30.8 Å². The number of sulfonamides is 1. The summed E-state index contributed by atoms with van der Waals surface area (Å²) in [6.07, 6.45) is 2.97. The van der Waals surface area contributed by atoms with Gasteiger partial charge in [-0.05, 0) is 38.3 Å². The molecule has 0 saturated carbocycles. The minimum Gasteiger partial charge on any atom is -0.492 e. The van der Waals surface area contributed by atoms with Crippen LogP contribution in [0.4, 0.5) is 5.69 Å². The second-order valence-electron chi connectivity index (χ2n) is 7.02. The normalized spacial score (nSPS) is 15.1. The molecule has 2 rings (SSSR count). The minimum atomic E-state index is -3.52. The lowest BCUT2D eigenvalue weighted by molar-refractivity contribution is -0.148. The molecule has 1 saturated heterocycles. The molecule has 1 aromatic rings. The topological polar surface area (TPSA) is 93.2 Å². The molecule has 0 atom stereocenters. The highest BCUT2D eigenvalue weighted by Crippen LogP contribution is 2.30. The molecule has 0 aromatic heterocycles. The van der Waals surface area contributed by atoms with Gasteiger partial charge in [-0.25, -0.2) is 8.42 Å². The average molecular weight is 427 g/mol. The van der Waals surface area contributed by atoms with Crippen LogP contribution in [0.25, 0.3) is 0 Å². The Labute approximate surface area is 172 Å². The van der Waals surface area contributed by atoms with Crippen molar-refractivity contribution >= 4 is 27.6 Å². The number of methoxy groups -OCH3 is 1. The van der Waals surface area contributed by atoms with Gasteiger partial charge >= 0.3 is 5.97 Å². The Morgan fingerprint density at radius 1 is 1.21 bits per heavy atom. The number of anilines is 1. The summed E-state index contributed by atoms with van der Waals surface area (Å²) in [5, 5.41) is 0. The maximum atomic E-state index is 12.5. The number of rotatable bonds is 9. The van der Waals surface area contributed by atoms with E-state index in [1.807, 2.05) is 6.92 Å². The number of likely N-dealkylation sites (tertiary alicyclic amines) is 1. The number of piperidine rings is 1. The minimum absolute atomic E-state index is 0.0279. The lowest BCUT2D eigenvalue weighted by Gasteiger charge is -2.31. The van der Waals surface area contributed by atoms with Gasteiger partial charge < -0.3 is 14.4 Å². The van der Waals surface area contributed by atoms with E-state index in [9.17, 15) is 18.0 Å². The lowest BCUT2D eigenvalue weighted by Crippen LogP contribution is -2.40. The first kappa shape index (κ1) is 23.0. The van der Waals surface area contributed by atoms with Gasteiger partial charge in [0.15, 0.2) is 0 Å². The predicted molar refractivity (Wildman–Crippen MR) is 110 cm³/mol. The molecule has 0 aliphatic carbocycles. The maximum Gasteiger partial charge on any atom is 0.308 e. The average Bonchev–Trinajstić information content (AvgIpc) is 2.70. The molecular weight excluding hydrogens is 396 g/mol. The Bertz CT molecular complexity index is 803. The molecule has 0 spiro atoms. The van der Waals surface area contributed by atoms with Gasteiger partial charge in [0, 0.05) is 26.1 Å². The maximum absolute atomic E-state index is 12.5. The number of hydrogen-bond acceptors (Lipinski definition) is 6. The van der Waals surface area contributed by atoms with Gasteiger partial charge in [0.05, 0.1) is 31.6 Å². The summed E-state index contributed by atoms with van der Waals surface area (Å²) in [5.41, 5.74) is 0.475. The van der Waals surface area contributed by atoms with Crippen LogP contribution >= 0.6 is 0 Å². The Hall–Kier alpha value is -2.29. The van der Waals surface area contributed by atoms with E-state index in [2.05, 4.69) is 0 Å². The fraction of sp³-hybridized carbons (Fsp3) is 0.600. The van der Waals surface area contributed by atoms with Gasteiger partial charge in [-0.15, -0.1) is 0 Å². The van der Waals surface area contributed by atoms with Crippen LogP contribution in [-0.4, -0.2) is 64.8 Å². The second-order valence-corrected chi connectivity index (χ2v) is 8.92. The van der Waals surface area contributed by atoms with Crippen LogP contribution in [-0.2, 0) is 24.3 Å². The quantitative estimate of drug-likeness (QED) is 0.561. The third-order valence-corrected chi connectivity index (χ3v) is 6.15. The first-order chi connectivity index (χ1) is 13.8. The SMILES string of the molecule is CCOc1ccccc1N(CCCC(=O)N1CCC(C(=O)OC)CC1)S(C)(=O)=O. The van der Waals surface area contributed by atoms with Crippen LogP contribution in [0.15, 0.2) is 24.3 Å². The third kappa shape index (κ3) is 6.35. The number of benzene rings is 1. The highest BCUT2D eigenvalue weighted by atomic mass is 32.2. The zero-order valence-electron chi connectivity index (χ0n) is 17.3. The Morgan fingerprint density at radius 2 is 1.86 bits per heavy atom. The Balaban J connectivity index is 1.94. The predicted octanol–water partition coefficient (Wildman–Crippen LogP) is 2.04. The molecule has 1 aliphatic rings. The van der Waals surface area contributed by atoms with Gasteiger partial charge in [-0.1, -0.05) is 12.1 Å². The van der Waals surface area contributed by atoms with Crippen molar-refractivity contribution in [1.29, 1.82) is 0 Å². The fourth-order valence-corrected chi connectivity index (χ4v) is 4.44. The van der Waals surface area contributed by atoms with E-state index in [0.717, 1.165) is 6.26 Å². The van der Waals surface area contributed by atoms with Crippen LogP contribution in [0.1, 0.15) is 32.6 Å². The summed E-state index contributed by atoms with van der Waals surface area (Å²) in [5.74, 6) is 0.0881. The summed E-state index contributed by atoms with van der Waals surface area (Å²) in [7, 11) is -2.15. The van der Waals surface area contributed by atoms with Crippen molar-refractivity contribution in [3.63, 3.8) is 0 Å². The summed E-state index contributed by atoms with van der Waals surface area (Å²) >= 11 is 0. The smallest absolute Gasteiger partial charge is 0.308 e. The number of carbonyl (C=O) groups excluding carboxylic acids is 2. The number of hydrogen-bond donors (Lipinski definition) is 0. The molecule has 1 amide bonds. The molecule has 1 heterocycles. The lowest BCUT2D eigenvalue weighted by atomic mass is 9.97. The number of carbonyl (C=O) groups is 2. The number of esters is 1. The van der Waals surface area contributed by atoms with Crippen molar-refractivity contribution in [1.82, 2.24) is 4.90 Å². The van der Waals surface area contributed by atoms with Crippen LogP contribution in [0.2, 0.25) is 0 Å². The zero-order chi connectivity index (χ0) is 21.4. The molecule has 162 valence electrons. The second kappa shape index (κ2) is 10.5. The monoisotopic (exact) mass is 426 g/mol. The van der Waals surface area contributed by atoms with Crippen molar-refractivity contribution in [3.8, 4) is 5.75 Å². The highest BCUT2D eigenvalue weighted by molar-refractivity contribution is 7.92. The molecule has 1 fully saturated rings. The van der Waals surface area contributed by atoms with E-state index >= 15 is 0 Å². The van der Waals surface area contributed by atoms with Crippen LogP contribution in [0.3, 0.4) is 0 Å². The first-order valence-corrected chi connectivity index (χ1v) is 11.7. The summed E-state index contributed by atoms with van der Waals surface area (Å²) in [6, 6.07) is 6.97. The molecule has 1 aliphatic heterocycles. The first-order valence-electron chi connectivity index (χ1n) is 9.83. The number of ether oxygens (including phenoxy) is 2. The van der Waals surface area contributed by atoms with Crippen molar-refractivity contribution in [3.05, 3.63) is 24.3 Å². The molecule has 0 bridgehead atoms. The van der Waals surface area contributed by atoms with E-state index in [1.54, 1.807) is 29.2 Å². The Morgan fingerprint density at radius 3 is 2.45 bits per heavy atom. The van der Waals surface area contributed by atoms with Gasteiger partial charge in [0.25, 0.3) is 0 Å². The molecule has 0 radical (unpaired) electrons. The third-order valence-electron chi connectivity index (χ3n) is 4.97. The van der Waals surface area contributed by atoms with Crippen LogP contribution < -0.4 is 9.04 Å². The highest BCUT2D eigenvalue weighted by Gasteiger charge is 2.28. The fourth-order valence-electron chi connectivity index (χ4n) is 3.47. The molecule has 0 unspecified atom stereocenters. The van der Waals surface area contributed by atoms with Crippen LogP contribution in [0, 0.1) is 5.92 Å². The number of amides is 1. The molecular formula is C20H30N2O6S. The summed E-state index contributed by atoms with van der Waals surface area (Å²) < 4.78 is 36.3. The van der Waals surface area contributed by atoms with Crippen molar-refractivity contribution < 1.29 is 27.5 Å². The van der Waals surface area contributed by atoms with E-state index in [1.165, 1.54) is 11.4 Å². The van der Waals surface area contributed by atoms with Gasteiger partial charge in [0.1, 0.15) is 5.75 Å². The molecule has 9 heteroatoms. The molecule has 0 N–H and O–H groups in total. The van der Waals surface area contributed by atoms with Gasteiger partial charge in [-0.3, -0.25) is 13.9 Å². The molecule has 8 nitrogen and oxygen atoms in total. The Kier molecular flexibility index (Phi) is 8.31. The summed E-state index contributed by atoms with van der Waals surface area (Å²) in [4.78, 5) is 25.8. The molecule has 29 heavy (non-hydrogen) atoms. The van der Waals surface area contributed by atoms with Crippen molar-refractivity contribution in [2.45, 2.75) is 32.6 Å². The summed E-state index contributed by atoms with van der Waals surface area (Å²) in [6.45, 7) is 3.48. The van der Waals surface area contributed by atoms with E-state index < -0.39 is 10.0 Å². The number of para-hydroxylation sites is 2. The van der Waals surface area contributed by atoms with Gasteiger partial charge in [-0.2, -0.15) is 0 Å². The van der Waals surface area contributed by atoms with Crippen molar-refractivity contribution in [2.75, 3.05) is 43.9 Å². The largest absolute Gasteiger partial charge is 0.492 e. The van der Waals surface area contributed by atoms with E-state index in [0.29, 0.717) is 50.4 Å². The van der Waals surface area contributed by atoms with Crippen molar-refractivity contribution in [2.24, 2.45) is 5.92 Å². The molecule has 1 aromatic carbocycles. The van der Waals surface area contributed by atoms with Crippen LogP contribution in [0.5, 0.6) is 5.75 Å².